The molecule has 0 amide bonds. The van der Waals surface area contributed by atoms with Crippen LogP contribution in [-0.4, -0.2) is 9.38 Å². The van der Waals surface area contributed by atoms with E-state index in [0.717, 1.165) is 26.4 Å². The summed E-state index contributed by atoms with van der Waals surface area (Å²) in [4.78, 5) is 4.86. The van der Waals surface area contributed by atoms with Crippen LogP contribution in [0.3, 0.4) is 0 Å². The molecular formula is C17H11BrN2S2. The van der Waals surface area contributed by atoms with Crippen molar-refractivity contribution in [2.45, 2.75) is 9.24 Å². The average molecular weight is 387 g/mol. The number of hydrogen-bond donors (Lipinski definition) is 0. The Labute approximate surface area is 145 Å². The van der Waals surface area contributed by atoms with Gasteiger partial charge in [-0.2, -0.15) is 0 Å². The molecule has 22 heavy (non-hydrogen) atoms. The smallest absolute Gasteiger partial charge is 0.152 e. The number of imidazole rings is 1. The normalized spacial score (nSPS) is 11.1. The lowest BCUT2D eigenvalue weighted by atomic mass is 10.2. The first-order chi connectivity index (χ1) is 10.8. The second-order valence-electron chi connectivity index (χ2n) is 4.72. The largest absolute Gasteiger partial charge is 0.293 e. The molecule has 3 aromatic heterocycles. The lowest BCUT2D eigenvalue weighted by Crippen LogP contribution is -1.86. The number of rotatable bonds is 3. The zero-order chi connectivity index (χ0) is 14.9. The lowest BCUT2D eigenvalue weighted by molar-refractivity contribution is 1.05. The van der Waals surface area contributed by atoms with Crippen LogP contribution in [0.1, 0.15) is 0 Å². The Morgan fingerprint density at radius 2 is 1.86 bits per heavy atom. The SMILES string of the molecule is Brc1cccn2c(Sc3cccs3)c(-c3ccccc3)nc12. The summed E-state index contributed by atoms with van der Waals surface area (Å²) in [6.45, 7) is 0. The third kappa shape index (κ3) is 2.49. The highest BCUT2D eigenvalue weighted by Gasteiger charge is 2.16. The Kier molecular flexibility index (Phi) is 3.78. The van der Waals surface area contributed by atoms with Gasteiger partial charge in [-0.25, -0.2) is 4.98 Å². The standard InChI is InChI=1S/C17H11BrN2S2/c18-13-8-4-10-20-16(13)19-15(12-6-2-1-3-7-12)17(20)22-14-9-5-11-21-14/h1-11H. The molecule has 0 aliphatic rings. The van der Waals surface area contributed by atoms with Gasteiger partial charge in [0.25, 0.3) is 0 Å². The molecule has 0 N–H and O–H groups in total. The van der Waals surface area contributed by atoms with Gasteiger partial charge in [0.1, 0.15) is 10.7 Å². The fraction of sp³-hybridized carbons (Fsp3) is 0. The van der Waals surface area contributed by atoms with Crippen molar-refractivity contribution in [3.05, 3.63) is 70.6 Å². The molecule has 5 heteroatoms. The molecule has 0 radical (unpaired) electrons. The molecule has 0 aliphatic carbocycles. The Morgan fingerprint density at radius 3 is 2.64 bits per heavy atom. The van der Waals surface area contributed by atoms with Crippen LogP contribution in [0.15, 0.2) is 79.9 Å². The zero-order valence-electron chi connectivity index (χ0n) is 11.4. The molecule has 0 saturated heterocycles. The maximum Gasteiger partial charge on any atom is 0.152 e. The number of thiophene rings is 1. The molecule has 4 aromatic rings. The molecule has 3 heterocycles. The van der Waals surface area contributed by atoms with E-state index in [2.05, 4.69) is 56.2 Å². The molecule has 0 aliphatic heterocycles. The molecule has 108 valence electrons. The highest BCUT2D eigenvalue weighted by Crippen LogP contribution is 2.39. The van der Waals surface area contributed by atoms with Gasteiger partial charge in [-0.1, -0.05) is 48.2 Å². The lowest BCUT2D eigenvalue weighted by Gasteiger charge is -2.03. The first kappa shape index (κ1) is 14.1. The van der Waals surface area contributed by atoms with Crippen LogP contribution in [0.25, 0.3) is 16.9 Å². The van der Waals surface area contributed by atoms with Crippen molar-refractivity contribution < 1.29 is 0 Å². The minimum atomic E-state index is 0.945. The van der Waals surface area contributed by atoms with Crippen LogP contribution in [0.5, 0.6) is 0 Å². The van der Waals surface area contributed by atoms with Crippen molar-refractivity contribution >= 4 is 44.7 Å². The Bertz CT molecular complexity index is 915. The second-order valence-corrected chi connectivity index (χ2v) is 7.81. The molecule has 1 aromatic carbocycles. The van der Waals surface area contributed by atoms with Gasteiger partial charge in [0.05, 0.1) is 8.68 Å². The van der Waals surface area contributed by atoms with E-state index in [9.17, 15) is 0 Å². The third-order valence-corrected chi connectivity index (χ3v) is 6.04. The van der Waals surface area contributed by atoms with E-state index in [1.54, 1.807) is 23.1 Å². The fourth-order valence-electron chi connectivity index (χ4n) is 2.31. The van der Waals surface area contributed by atoms with Crippen LogP contribution in [0.4, 0.5) is 0 Å². The minimum absolute atomic E-state index is 0.945. The van der Waals surface area contributed by atoms with Gasteiger partial charge < -0.3 is 0 Å². The van der Waals surface area contributed by atoms with Crippen LogP contribution >= 0.6 is 39.0 Å². The maximum atomic E-state index is 4.86. The number of benzene rings is 1. The molecule has 0 bridgehead atoms. The van der Waals surface area contributed by atoms with Crippen molar-refractivity contribution in [3.63, 3.8) is 0 Å². The first-order valence-corrected chi connectivity index (χ1v) is 9.25. The molecule has 0 atom stereocenters. The van der Waals surface area contributed by atoms with E-state index in [-0.39, 0.29) is 0 Å². The van der Waals surface area contributed by atoms with Gasteiger partial charge in [0.2, 0.25) is 0 Å². The first-order valence-electron chi connectivity index (χ1n) is 6.76. The summed E-state index contributed by atoms with van der Waals surface area (Å²) in [5, 5.41) is 3.24. The van der Waals surface area contributed by atoms with Crippen LogP contribution in [0.2, 0.25) is 0 Å². The number of fused-ring (bicyclic) bond motifs is 1. The van der Waals surface area contributed by atoms with Crippen LogP contribution in [0, 0.1) is 0 Å². The van der Waals surface area contributed by atoms with Crippen molar-refractivity contribution in [2.24, 2.45) is 0 Å². The van der Waals surface area contributed by atoms with Crippen LogP contribution < -0.4 is 0 Å². The van der Waals surface area contributed by atoms with Gasteiger partial charge in [-0.15, -0.1) is 11.3 Å². The van der Waals surface area contributed by atoms with E-state index in [1.165, 1.54) is 4.21 Å². The number of pyridine rings is 1. The van der Waals surface area contributed by atoms with Gasteiger partial charge in [0.15, 0.2) is 5.65 Å². The number of halogens is 1. The molecule has 4 rings (SSSR count). The van der Waals surface area contributed by atoms with E-state index in [0.29, 0.717) is 0 Å². The summed E-state index contributed by atoms with van der Waals surface area (Å²) in [6, 6.07) is 18.6. The van der Waals surface area contributed by atoms with Crippen molar-refractivity contribution in [2.75, 3.05) is 0 Å². The van der Waals surface area contributed by atoms with Crippen molar-refractivity contribution in [1.82, 2.24) is 9.38 Å². The highest BCUT2D eigenvalue weighted by atomic mass is 79.9. The highest BCUT2D eigenvalue weighted by molar-refractivity contribution is 9.10. The fourth-order valence-corrected chi connectivity index (χ4v) is 4.63. The molecule has 0 spiro atoms. The van der Waals surface area contributed by atoms with Crippen molar-refractivity contribution in [3.8, 4) is 11.3 Å². The van der Waals surface area contributed by atoms with Gasteiger partial charge in [-0.05, 0) is 39.5 Å². The van der Waals surface area contributed by atoms with E-state index in [1.807, 2.05) is 30.3 Å². The summed E-state index contributed by atoms with van der Waals surface area (Å²) in [5.41, 5.74) is 3.10. The monoisotopic (exact) mass is 386 g/mol. The predicted molar refractivity (Wildman–Crippen MR) is 96.8 cm³/mol. The average Bonchev–Trinajstić information content (AvgIpc) is 3.18. The summed E-state index contributed by atoms with van der Waals surface area (Å²) >= 11 is 7.11. The maximum absolute atomic E-state index is 4.86. The Balaban J connectivity index is 1.96. The summed E-state index contributed by atoms with van der Waals surface area (Å²) in [7, 11) is 0. The quantitative estimate of drug-likeness (QED) is 0.430. The predicted octanol–water partition coefficient (Wildman–Crippen LogP) is 5.98. The summed E-state index contributed by atoms with van der Waals surface area (Å²) in [6.07, 6.45) is 2.06. The number of aromatic nitrogens is 2. The Morgan fingerprint density at radius 1 is 1.00 bits per heavy atom. The third-order valence-electron chi connectivity index (χ3n) is 3.30. The second kappa shape index (κ2) is 5.91. The van der Waals surface area contributed by atoms with E-state index < -0.39 is 0 Å². The van der Waals surface area contributed by atoms with E-state index in [4.69, 9.17) is 4.98 Å². The minimum Gasteiger partial charge on any atom is -0.293 e. The van der Waals surface area contributed by atoms with Gasteiger partial charge in [-0.3, -0.25) is 4.40 Å². The van der Waals surface area contributed by atoms with Crippen molar-refractivity contribution in [1.29, 1.82) is 0 Å². The van der Waals surface area contributed by atoms with Gasteiger partial charge in [0, 0.05) is 11.8 Å². The Hall–Kier alpha value is -1.56. The summed E-state index contributed by atoms with van der Waals surface area (Å²) in [5.74, 6) is 0. The molecule has 0 saturated carbocycles. The van der Waals surface area contributed by atoms with E-state index >= 15 is 0 Å². The number of hydrogen-bond acceptors (Lipinski definition) is 3. The molecule has 0 unspecified atom stereocenters. The molecular weight excluding hydrogens is 376 g/mol. The number of nitrogens with zero attached hydrogens (tertiary/aromatic N) is 2. The summed E-state index contributed by atoms with van der Waals surface area (Å²) < 4.78 is 4.42. The van der Waals surface area contributed by atoms with Crippen LogP contribution in [-0.2, 0) is 0 Å². The zero-order valence-corrected chi connectivity index (χ0v) is 14.7. The van der Waals surface area contributed by atoms with Gasteiger partial charge >= 0.3 is 0 Å². The molecule has 2 nitrogen and oxygen atoms in total. The molecule has 0 fully saturated rings. The topological polar surface area (TPSA) is 17.3 Å².